The van der Waals surface area contributed by atoms with E-state index in [1.54, 1.807) is 11.1 Å². The third-order valence-corrected chi connectivity index (χ3v) is 3.38. The van der Waals surface area contributed by atoms with Crippen molar-refractivity contribution in [3.8, 4) is 0 Å². The Morgan fingerprint density at radius 2 is 2.32 bits per heavy atom. The number of rotatable bonds is 6. The number of carbonyl (C=O) groups is 1. The molecule has 1 aliphatic rings. The zero-order valence-corrected chi connectivity index (χ0v) is 11.4. The van der Waals surface area contributed by atoms with Crippen molar-refractivity contribution in [2.45, 2.75) is 19.0 Å². The molecule has 2 rings (SSSR count). The third kappa shape index (κ3) is 3.56. The van der Waals surface area contributed by atoms with E-state index >= 15 is 0 Å². The van der Waals surface area contributed by atoms with Crippen LogP contribution in [0.15, 0.2) is 36.9 Å². The first-order valence-electron chi connectivity index (χ1n) is 6.24. The van der Waals surface area contributed by atoms with Crippen molar-refractivity contribution in [3.05, 3.63) is 47.5 Å². The largest absolute Gasteiger partial charge is 0.355 e. The minimum Gasteiger partial charge on any atom is -0.355 e. The summed E-state index contributed by atoms with van der Waals surface area (Å²) in [6.07, 6.45) is 2.40. The molecule has 1 unspecified atom stereocenters. The van der Waals surface area contributed by atoms with E-state index in [1.807, 2.05) is 24.3 Å². The van der Waals surface area contributed by atoms with Crippen molar-refractivity contribution in [3.63, 3.8) is 0 Å². The van der Waals surface area contributed by atoms with Gasteiger partial charge >= 0.3 is 0 Å². The Hall–Kier alpha value is -1.36. The van der Waals surface area contributed by atoms with Crippen LogP contribution in [0, 0.1) is 0 Å². The predicted octanol–water partition coefficient (Wildman–Crippen LogP) is 2.15. The number of amides is 1. The Bertz CT molecular complexity index is 465. The summed E-state index contributed by atoms with van der Waals surface area (Å²) in [5.41, 5.74) is 0.938. The summed E-state index contributed by atoms with van der Waals surface area (Å²) in [6, 6.07) is 7.29. The van der Waals surface area contributed by atoms with E-state index in [9.17, 15) is 4.79 Å². The van der Waals surface area contributed by atoms with Crippen LogP contribution in [0.4, 0.5) is 0 Å². The molecule has 1 atom stereocenters. The van der Waals surface area contributed by atoms with E-state index in [-0.39, 0.29) is 11.9 Å². The fourth-order valence-corrected chi connectivity index (χ4v) is 2.24. The molecule has 19 heavy (non-hydrogen) atoms. The topological polar surface area (TPSA) is 41.6 Å². The van der Waals surface area contributed by atoms with Gasteiger partial charge < -0.3 is 5.32 Å². The number of benzene rings is 1. The standard InChI is InChI=1S/C14H17ClN2O2/c1-2-9-19-17(13-7-8-16-14(13)18)10-11-5-3-4-6-12(11)15/h2-6,13H,1,7-10H2,(H,16,18). The van der Waals surface area contributed by atoms with E-state index in [0.717, 1.165) is 12.0 Å². The van der Waals surface area contributed by atoms with E-state index in [4.69, 9.17) is 16.4 Å². The molecule has 102 valence electrons. The van der Waals surface area contributed by atoms with Crippen LogP contribution in [0.2, 0.25) is 5.02 Å². The minimum atomic E-state index is -0.267. The van der Waals surface area contributed by atoms with Gasteiger partial charge in [-0.05, 0) is 18.1 Å². The fraction of sp³-hybridized carbons (Fsp3) is 0.357. The molecular formula is C14H17ClN2O2. The van der Waals surface area contributed by atoms with Crippen LogP contribution in [0.5, 0.6) is 0 Å². The molecule has 1 N–H and O–H groups in total. The Morgan fingerprint density at radius 3 is 2.95 bits per heavy atom. The van der Waals surface area contributed by atoms with Crippen LogP contribution in [0.25, 0.3) is 0 Å². The van der Waals surface area contributed by atoms with Crippen LogP contribution in [-0.2, 0) is 16.2 Å². The highest BCUT2D eigenvalue weighted by Gasteiger charge is 2.31. The molecule has 0 saturated carbocycles. The number of halogens is 1. The van der Waals surface area contributed by atoms with E-state index in [1.165, 1.54) is 0 Å². The summed E-state index contributed by atoms with van der Waals surface area (Å²) >= 11 is 6.14. The molecule has 1 fully saturated rings. The number of hydrogen-bond acceptors (Lipinski definition) is 3. The summed E-state index contributed by atoms with van der Waals surface area (Å²) in [5.74, 6) is -0.00360. The zero-order chi connectivity index (χ0) is 13.7. The average molecular weight is 281 g/mol. The lowest BCUT2D eigenvalue weighted by Gasteiger charge is -2.26. The molecule has 1 amide bonds. The van der Waals surface area contributed by atoms with Gasteiger partial charge in [0.05, 0.1) is 13.2 Å². The fourth-order valence-electron chi connectivity index (χ4n) is 2.04. The Balaban J connectivity index is 2.11. The molecule has 1 aliphatic heterocycles. The van der Waals surface area contributed by atoms with Gasteiger partial charge in [0, 0.05) is 11.6 Å². The first kappa shape index (κ1) is 14.1. The van der Waals surface area contributed by atoms with Gasteiger partial charge in [0.2, 0.25) is 5.91 Å². The average Bonchev–Trinajstić information content (AvgIpc) is 2.83. The second-order valence-electron chi connectivity index (χ2n) is 4.35. The number of carbonyl (C=O) groups excluding carboxylic acids is 1. The van der Waals surface area contributed by atoms with Crippen molar-refractivity contribution in [1.82, 2.24) is 10.4 Å². The lowest BCUT2D eigenvalue weighted by Crippen LogP contribution is -2.40. The van der Waals surface area contributed by atoms with Gasteiger partial charge in [-0.25, -0.2) is 0 Å². The van der Waals surface area contributed by atoms with Crippen molar-refractivity contribution in [2.24, 2.45) is 0 Å². The van der Waals surface area contributed by atoms with Crippen molar-refractivity contribution in [2.75, 3.05) is 13.2 Å². The molecule has 0 spiro atoms. The lowest BCUT2D eigenvalue weighted by molar-refractivity contribution is -0.186. The van der Waals surface area contributed by atoms with Gasteiger partial charge in [-0.3, -0.25) is 9.63 Å². The quantitative estimate of drug-likeness (QED) is 0.641. The van der Waals surface area contributed by atoms with E-state index in [2.05, 4.69) is 11.9 Å². The predicted molar refractivity (Wildman–Crippen MR) is 74.6 cm³/mol. The third-order valence-electron chi connectivity index (χ3n) is 3.01. The maximum absolute atomic E-state index is 11.8. The van der Waals surface area contributed by atoms with Gasteiger partial charge in [0.15, 0.2) is 0 Å². The molecule has 1 heterocycles. The van der Waals surface area contributed by atoms with Gasteiger partial charge in [-0.1, -0.05) is 35.9 Å². The number of nitrogens with zero attached hydrogens (tertiary/aromatic N) is 1. The molecule has 4 nitrogen and oxygen atoms in total. The van der Waals surface area contributed by atoms with E-state index < -0.39 is 0 Å². The lowest BCUT2D eigenvalue weighted by atomic mass is 10.2. The van der Waals surface area contributed by atoms with Gasteiger partial charge in [-0.15, -0.1) is 6.58 Å². The maximum Gasteiger partial charge on any atom is 0.239 e. The molecule has 0 bridgehead atoms. The van der Waals surface area contributed by atoms with Crippen molar-refractivity contribution in [1.29, 1.82) is 0 Å². The SMILES string of the molecule is C=CCON(Cc1ccccc1Cl)C1CCNC1=O. The Kier molecular flexibility index (Phi) is 4.96. The van der Waals surface area contributed by atoms with Crippen LogP contribution < -0.4 is 5.32 Å². The second-order valence-corrected chi connectivity index (χ2v) is 4.75. The van der Waals surface area contributed by atoms with Gasteiger partial charge in [0.1, 0.15) is 6.04 Å². The van der Waals surface area contributed by atoms with Gasteiger partial charge in [0.25, 0.3) is 0 Å². The Morgan fingerprint density at radius 1 is 1.53 bits per heavy atom. The first-order valence-corrected chi connectivity index (χ1v) is 6.61. The van der Waals surface area contributed by atoms with Gasteiger partial charge in [-0.2, -0.15) is 5.06 Å². The highest BCUT2D eigenvalue weighted by molar-refractivity contribution is 6.31. The van der Waals surface area contributed by atoms with Crippen molar-refractivity contribution >= 4 is 17.5 Å². The molecule has 0 radical (unpaired) electrons. The number of hydrogen-bond donors (Lipinski definition) is 1. The smallest absolute Gasteiger partial charge is 0.239 e. The maximum atomic E-state index is 11.8. The summed E-state index contributed by atoms with van der Waals surface area (Å²) in [5, 5.41) is 5.17. The highest BCUT2D eigenvalue weighted by atomic mass is 35.5. The molecule has 5 heteroatoms. The summed E-state index contributed by atoms with van der Waals surface area (Å²) < 4.78 is 0. The van der Waals surface area contributed by atoms with E-state index in [0.29, 0.717) is 24.7 Å². The normalized spacial score (nSPS) is 18.6. The molecule has 1 saturated heterocycles. The van der Waals surface area contributed by atoms with Crippen LogP contribution >= 0.6 is 11.6 Å². The monoisotopic (exact) mass is 280 g/mol. The number of hydroxylamine groups is 2. The Labute approximate surface area is 117 Å². The molecule has 1 aromatic rings. The van der Waals surface area contributed by atoms with Crippen LogP contribution in [-0.4, -0.2) is 30.2 Å². The molecule has 0 aliphatic carbocycles. The van der Waals surface area contributed by atoms with Crippen LogP contribution in [0.1, 0.15) is 12.0 Å². The molecule has 1 aromatic carbocycles. The molecular weight excluding hydrogens is 264 g/mol. The first-order chi connectivity index (χ1) is 9.22. The summed E-state index contributed by atoms with van der Waals surface area (Å²) in [6.45, 7) is 5.15. The second kappa shape index (κ2) is 6.70. The minimum absolute atomic E-state index is 0.00360. The summed E-state index contributed by atoms with van der Waals surface area (Å²) in [7, 11) is 0. The van der Waals surface area contributed by atoms with Crippen molar-refractivity contribution < 1.29 is 9.63 Å². The summed E-state index contributed by atoms with van der Waals surface area (Å²) in [4.78, 5) is 17.4. The zero-order valence-electron chi connectivity index (χ0n) is 10.6. The molecule has 0 aromatic heterocycles. The highest BCUT2D eigenvalue weighted by Crippen LogP contribution is 2.20. The van der Waals surface area contributed by atoms with Crippen LogP contribution in [0.3, 0.4) is 0 Å². The number of nitrogens with one attached hydrogen (secondary N) is 1.